The predicted octanol–water partition coefficient (Wildman–Crippen LogP) is 2.91. The maximum absolute atomic E-state index is 12.6. The Balaban J connectivity index is 2.16. The van der Waals surface area contributed by atoms with E-state index in [4.69, 9.17) is 5.26 Å². The molecule has 0 aliphatic heterocycles. The van der Waals surface area contributed by atoms with Gasteiger partial charge in [-0.25, -0.2) is 13.4 Å². The Morgan fingerprint density at radius 3 is 2.35 bits per heavy atom. The van der Waals surface area contributed by atoms with E-state index in [1.807, 2.05) is 10.8 Å². The Hall–Kier alpha value is -2.60. The van der Waals surface area contributed by atoms with Crippen molar-refractivity contribution in [1.29, 1.82) is 5.26 Å². The normalized spacial score (nSPS) is 11.7. The summed E-state index contributed by atoms with van der Waals surface area (Å²) in [4.78, 5) is 3.24. The number of alkyl halides is 3. The van der Waals surface area contributed by atoms with Gasteiger partial charge in [-0.1, -0.05) is 18.2 Å². The number of hydrogen-bond acceptors (Lipinski definition) is 4. The minimum absolute atomic E-state index is 0.374. The zero-order chi connectivity index (χ0) is 17.1. The van der Waals surface area contributed by atoms with Gasteiger partial charge in [-0.2, -0.15) is 18.4 Å². The van der Waals surface area contributed by atoms with Crippen LogP contribution in [0.4, 0.5) is 19.0 Å². The lowest BCUT2D eigenvalue weighted by Gasteiger charge is -2.10. The number of pyridine rings is 1. The lowest BCUT2D eigenvalue weighted by Crippen LogP contribution is -2.17. The summed E-state index contributed by atoms with van der Waals surface area (Å²) < 4.78 is 63.6. The van der Waals surface area contributed by atoms with Crippen LogP contribution in [-0.4, -0.2) is 13.4 Å². The van der Waals surface area contributed by atoms with Crippen molar-refractivity contribution < 1.29 is 21.6 Å². The van der Waals surface area contributed by atoms with E-state index in [1.165, 1.54) is 24.3 Å². The van der Waals surface area contributed by atoms with Crippen molar-refractivity contribution in [2.75, 3.05) is 4.72 Å². The largest absolute Gasteiger partial charge is 0.433 e. The standard InChI is InChI=1S/C14H10F3N3O2S/c15-14(16,17)12-2-1-3-13(19-12)20-23(21,22)9-11-6-4-10(8-18)5-7-11/h1-7H,9H2,(H,19,20). The number of hydrogen-bond donors (Lipinski definition) is 1. The van der Waals surface area contributed by atoms with Gasteiger partial charge in [0.15, 0.2) is 0 Å². The molecule has 0 aliphatic rings. The molecular weight excluding hydrogens is 331 g/mol. The lowest BCUT2D eigenvalue weighted by molar-refractivity contribution is -0.141. The molecule has 2 rings (SSSR count). The third-order valence-electron chi connectivity index (χ3n) is 2.74. The molecule has 1 heterocycles. The van der Waals surface area contributed by atoms with Gasteiger partial charge >= 0.3 is 6.18 Å². The van der Waals surface area contributed by atoms with Crippen molar-refractivity contribution >= 4 is 15.8 Å². The molecule has 1 aromatic carbocycles. The first-order valence-corrected chi connectivity index (χ1v) is 7.89. The van der Waals surface area contributed by atoms with Gasteiger partial charge < -0.3 is 0 Å². The molecule has 23 heavy (non-hydrogen) atoms. The molecule has 0 radical (unpaired) electrons. The van der Waals surface area contributed by atoms with Gasteiger partial charge in [0.25, 0.3) is 0 Å². The van der Waals surface area contributed by atoms with Crippen LogP contribution in [-0.2, 0) is 22.0 Å². The molecule has 0 amide bonds. The summed E-state index contributed by atoms with van der Waals surface area (Å²) in [6.07, 6.45) is -4.66. The second-order valence-corrected chi connectivity index (χ2v) is 6.30. The number of halogens is 3. The van der Waals surface area contributed by atoms with Gasteiger partial charge in [-0.3, -0.25) is 4.72 Å². The fourth-order valence-electron chi connectivity index (χ4n) is 1.74. The summed E-state index contributed by atoms with van der Waals surface area (Å²) in [6.45, 7) is 0. The maximum atomic E-state index is 12.6. The SMILES string of the molecule is N#Cc1ccc(CS(=O)(=O)Nc2cccc(C(F)(F)F)n2)cc1. The van der Waals surface area contributed by atoms with Crippen LogP contribution in [0.1, 0.15) is 16.8 Å². The minimum atomic E-state index is -4.66. The van der Waals surface area contributed by atoms with E-state index in [9.17, 15) is 21.6 Å². The number of sulfonamides is 1. The number of benzene rings is 1. The molecule has 0 saturated carbocycles. The summed E-state index contributed by atoms with van der Waals surface area (Å²) in [5.41, 5.74) is -0.418. The number of nitrogens with zero attached hydrogens (tertiary/aromatic N) is 2. The molecule has 0 saturated heterocycles. The van der Waals surface area contributed by atoms with Crippen LogP contribution in [0.3, 0.4) is 0 Å². The highest BCUT2D eigenvalue weighted by atomic mass is 32.2. The first-order valence-electron chi connectivity index (χ1n) is 6.23. The first-order chi connectivity index (χ1) is 10.7. The van der Waals surface area contributed by atoms with Crippen LogP contribution in [0.2, 0.25) is 0 Å². The van der Waals surface area contributed by atoms with Crippen molar-refractivity contribution in [3.63, 3.8) is 0 Å². The summed E-state index contributed by atoms with van der Waals surface area (Å²) in [7, 11) is -3.93. The van der Waals surface area contributed by atoms with E-state index in [2.05, 4.69) is 4.98 Å². The summed E-state index contributed by atoms with van der Waals surface area (Å²) in [6, 6.07) is 10.7. The fraction of sp³-hybridized carbons (Fsp3) is 0.143. The molecule has 0 bridgehead atoms. The van der Waals surface area contributed by atoms with Gasteiger partial charge in [0.1, 0.15) is 11.5 Å². The van der Waals surface area contributed by atoms with Gasteiger partial charge in [-0.15, -0.1) is 0 Å². The molecule has 1 N–H and O–H groups in total. The van der Waals surface area contributed by atoms with Crippen LogP contribution in [0.25, 0.3) is 0 Å². The van der Waals surface area contributed by atoms with Crippen LogP contribution in [0, 0.1) is 11.3 Å². The Bertz CT molecular complexity index is 841. The number of anilines is 1. The van der Waals surface area contributed by atoms with E-state index in [0.717, 1.165) is 18.2 Å². The Kier molecular flexibility index (Phi) is 4.56. The molecule has 9 heteroatoms. The van der Waals surface area contributed by atoms with E-state index in [0.29, 0.717) is 11.1 Å². The molecule has 120 valence electrons. The quantitative estimate of drug-likeness (QED) is 0.927. The highest BCUT2D eigenvalue weighted by Crippen LogP contribution is 2.28. The predicted molar refractivity (Wildman–Crippen MR) is 76.6 cm³/mol. The van der Waals surface area contributed by atoms with E-state index < -0.39 is 33.5 Å². The smallest absolute Gasteiger partial charge is 0.267 e. The summed E-state index contributed by atoms with van der Waals surface area (Å²) in [5.74, 6) is -0.857. The molecule has 1 aromatic heterocycles. The van der Waals surface area contributed by atoms with Crippen molar-refractivity contribution in [3.05, 3.63) is 59.3 Å². The molecule has 0 spiro atoms. The fourth-order valence-corrected chi connectivity index (χ4v) is 2.88. The third kappa shape index (κ3) is 4.69. The molecule has 2 aromatic rings. The average Bonchev–Trinajstić information content (AvgIpc) is 2.46. The van der Waals surface area contributed by atoms with Gasteiger partial charge in [0, 0.05) is 0 Å². The highest BCUT2D eigenvalue weighted by molar-refractivity contribution is 7.91. The summed E-state index contributed by atoms with van der Waals surface area (Å²) in [5, 5.41) is 8.67. The monoisotopic (exact) mass is 341 g/mol. The molecule has 0 fully saturated rings. The van der Waals surface area contributed by atoms with E-state index in [1.54, 1.807) is 0 Å². The number of aromatic nitrogens is 1. The van der Waals surface area contributed by atoms with Crippen molar-refractivity contribution in [2.45, 2.75) is 11.9 Å². The molecule has 0 atom stereocenters. The van der Waals surface area contributed by atoms with Crippen LogP contribution in [0.5, 0.6) is 0 Å². The lowest BCUT2D eigenvalue weighted by atomic mass is 10.2. The summed E-state index contributed by atoms with van der Waals surface area (Å²) >= 11 is 0. The molecule has 5 nitrogen and oxygen atoms in total. The highest BCUT2D eigenvalue weighted by Gasteiger charge is 2.32. The number of nitrogens with one attached hydrogen (secondary N) is 1. The third-order valence-corrected chi connectivity index (χ3v) is 3.97. The zero-order valence-corrected chi connectivity index (χ0v) is 12.3. The number of rotatable bonds is 4. The van der Waals surface area contributed by atoms with Gasteiger partial charge in [0.05, 0.1) is 17.4 Å². The van der Waals surface area contributed by atoms with Crippen molar-refractivity contribution in [2.24, 2.45) is 0 Å². The van der Waals surface area contributed by atoms with Crippen LogP contribution in [0.15, 0.2) is 42.5 Å². The maximum Gasteiger partial charge on any atom is 0.433 e. The van der Waals surface area contributed by atoms with Crippen molar-refractivity contribution in [1.82, 2.24) is 4.98 Å². The van der Waals surface area contributed by atoms with Crippen LogP contribution >= 0.6 is 0 Å². The van der Waals surface area contributed by atoms with E-state index in [-0.39, 0.29) is 0 Å². The van der Waals surface area contributed by atoms with Crippen molar-refractivity contribution in [3.8, 4) is 6.07 Å². The Labute approximate surface area is 130 Å². The topological polar surface area (TPSA) is 82.8 Å². The zero-order valence-electron chi connectivity index (χ0n) is 11.5. The molecule has 0 aliphatic carbocycles. The first kappa shape index (κ1) is 16.8. The average molecular weight is 341 g/mol. The Morgan fingerprint density at radius 1 is 1.13 bits per heavy atom. The van der Waals surface area contributed by atoms with Gasteiger partial charge in [0.2, 0.25) is 10.0 Å². The van der Waals surface area contributed by atoms with E-state index >= 15 is 0 Å². The minimum Gasteiger partial charge on any atom is -0.267 e. The van der Waals surface area contributed by atoms with Crippen LogP contribution < -0.4 is 4.72 Å². The van der Waals surface area contributed by atoms with Gasteiger partial charge in [-0.05, 0) is 29.8 Å². The second-order valence-electron chi connectivity index (χ2n) is 4.58. The second kappa shape index (κ2) is 6.26. The number of nitriles is 1. The molecular formula is C14H10F3N3O2S. The Morgan fingerprint density at radius 2 is 1.78 bits per heavy atom. The molecule has 0 unspecified atom stereocenters.